The fourth-order valence-electron chi connectivity index (χ4n) is 7.85. The van der Waals surface area contributed by atoms with Gasteiger partial charge in [-0.15, -0.1) is 0 Å². The Morgan fingerprint density at radius 2 is 0.720 bits per heavy atom. The van der Waals surface area contributed by atoms with E-state index in [1.54, 1.807) is 0 Å². The van der Waals surface area contributed by atoms with E-state index in [4.69, 9.17) is 0 Å². The molecule has 50 heavy (non-hydrogen) atoms. The van der Waals surface area contributed by atoms with E-state index in [0.717, 1.165) is 0 Å². The summed E-state index contributed by atoms with van der Waals surface area (Å²) in [6, 6.07) is 23.1. The van der Waals surface area contributed by atoms with E-state index in [1.165, 1.54) is 69.5 Å². The van der Waals surface area contributed by atoms with Crippen molar-refractivity contribution >= 4 is 23.6 Å². The first-order chi connectivity index (χ1) is 21.2. The normalized spacial score (nSPS) is 17.4. The van der Waals surface area contributed by atoms with Crippen LogP contribution in [-0.2, 0) is 42.1 Å². The molecule has 4 rings (SSSR count). The molecule has 0 heterocycles. The third-order valence-electron chi connectivity index (χ3n) is 11.4. The molecule has 5 heteroatoms. The zero-order valence-corrected chi connectivity index (χ0v) is 39.2. The predicted molar refractivity (Wildman–Crippen MR) is 208 cm³/mol. The van der Waals surface area contributed by atoms with Crippen LogP contribution in [0, 0.1) is 13.8 Å². The van der Waals surface area contributed by atoms with Gasteiger partial charge in [-0.05, 0) is 0 Å². The third-order valence-corrected chi connectivity index (χ3v) is 18.7. The van der Waals surface area contributed by atoms with Crippen LogP contribution in [0.25, 0.3) is 0 Å². The number of rotatable bonds is 4. The van der Waals surface area contributed by atoms with Crippen molar-refractivity contribution < 1.29 is 57.7 Å². The molecule has 1 atom stereocenters. The Morgan fingerprint density at radius 3 is 0.960 bits per heavy atom. The van der Waals surface area contributed by atoms with Gasteiger partial charge in [-0.3, -0.25) is 0 Å². The number of halogens is 3. The molecule has 0 fully saturated rings. The molecule has 0 saturated carbocycles. The van der Waals surface area contributed by atoms with Gasteiger partial charge < -0.3 is 37.2 Å². The number of hydrogen-bond donors (Lipinski definition) is 0. The second-order valence-electron chi connectivity index (χ2n) is 19.1. The average molecular weight is 786 g/mol. The van der Waals surface area contributed by atoms with Crippen molar-refractivity contribution in [3.8, 4) is 0 Å². The summed E-state index contributed by atoms with van der Waals surface area (Å²) < 4.78 is 1.54. The standard InChI is InChI=1S/C45H63Si.3ClH.Ti/c1-29-19-30(2)21-38(20-29)46(45(18)28-31(3)32(4)33(45)5,39-24-34(41(6,7)8)22-35(25-39)42(9,10)11)40-26-36(43(12,13)14)23-37(27-40)44(15,16)17;;;;/h19-27H,1-18H3;3*1H;/q;;;;+3/p-3. The molecule has 3 aromatic rings. The first-order valence-corrected chi connectivity index (χ1v) is 20.5. The van der Waals surface area contributed by atoms with Crippen LogP contribution < -0.4 is 52.8 Å². The van der Waals surface area contributed by atoms with Crippen LogP contribution in [0.1, 0.15) is 144 Å². The molecule has 1 unspecified atom stereocenters. The first kappa shape index (κ1) is 47.0. The van der Waals surface area contributed by atoms with Gasteiger partial charge in [0.25, 0.3) is 0 Å². The second-order valence-corrected chi connectivity index (χ2v) is 24.1. The second kappa shape index (κ2) is 15.4. The van der Waals surface area contributed by atoms with Gasteiger partial charge in [0.15, 0.2) is 0 Å². The fourth-order valence-corrected chi connectivity index (χ4v) is 15.7. The van der Waals surface area contributed by atoms with Gasteiger partial charge in [-0.25, -0.2) is 0 Å². The summed E-state index contributed by atoms with van der Waals surface area (Å²) in [5, 5.41) is 4.43. The minimum atomic E-state index is -2.94. The van der Waals surface area contributed by atoms with Gasteiger partial charge in [-0.1, -0.05) is 0 Å². The minimum Gasteiger partial charge on any atom is -1.00 e. The molecule has 0 nitrogen and oxygen atoms in total. The Kier molecular flexibility index (Phi) is 14.4. The summed E-state index contributed by atoms with van der Waals surface area (Å²) in [7, 11) is -2.94. The summed E-state index contributed by atoms with van der Waals surface area (Å²) in [4.78, 5) is 0. The molecule has 0 amide bonds. The Hall–Kier alpha value is -1.06. The Morgan fingerprint density at radius 1 is 0.440 bits per heavy atom. The van der Waals surface area contributed by atoms with E-state index in [1.807, 2.05) is 0 Å². The van der Waals surface area contributed by atoms with Crippen LogP contribution >= 0.6 is 0 Å². The predicted octanol–water partition coefficient (Wildman–Crippen LogP) is 1.91. The fraction of sp³-hybridized carbons (Fsp3) is 0.511. The molecule has 0 spiro atoms. The van der Waals surface area contributed by atoms with Crippen LogP contribution in [0.5, 0.6) is 0 Å². The molecule has 3 aromatic carbocycles. The monoisotopic (exact) mass is 784 g/mol. The molecule has 0 saturated heterocycles. The van der Waals surface area contributed by atoms with E-state index in [9.17, 15) is 0 Å². The molecule has 272 valence electrons. The van der Waals surface area contributed by atoms with Gasteiger partial charge in [-0.2, -0.15) is 0 Å². The summed E-state index contributed by atoms with van der Waals surface area (Å²) in [6.07, 6.45) is 0. The average Bonchev–Trinajstić information content (AvgIpc) is 3.06. The van der Waals surface area contributed by atoms with Crippen molar-refractivity contribution in [3.63, 3.8) is 0 Å². The van der Waals surface area contributed by atoms with Crippen LogP contribution in [0.2, 0.25) is 5.04 Å². The van der Waals surface area contributed by atoms with Crippen molar-refractivity contribution in [3.05, 3.63) is 109 Å². The molecule has 0 aliphatic heterocycles. The quantitative estimate of drug-likeness (QED) is 0.281. The smallest absolute Gasteiger partial charge is 1.00 e. The van der Waals surface area contributed by atoms with E-state index >= 15 is 0 Å². The Balaban J connectivity index is 0.00000417. The van der Waals surface area contributed by atoms with Gasteiger partial charge in [0.1, 0.15) is 0 Å². The third kappa shape index (κ3) is 8.20. The molecule has 1 aliphatic carbocycles. The summed E-state index contributed by atoms with van der Waals surface area (Å²) in [5.74, 6) is 0. The van der Waals surface area contributed by atoms with Crippen molar-refractivity contribution in [2.24, 2.45) is 0 Å². The Labute approximate surface area is 338 Å². The van der Waals surface area contributed by atoms with Gasteiger partial charge in [0, 0.05) is 0 Å². The van der Waals surface area contributed by atoms with Crippen molar-refractivity contribution in [2.75, 3.05) is 0 Å². The molecule has 0 bridgehead atoms. The maximum absolute atomic E-state index is 2.94. The zero-order chi connectivity index (χ0) is 35.9. The number of allylic oxidation sites excluding steroid dienone is 4. The first-order valence-electron chi connectivity index (χ1n) is 17.7. The molecular formula is C45H63Cl3SiTi. The van der Waals surface area contributed by atoms with Crippen LogP contribution in [0.4, 0.5) is 0 Å². The SMILES string of the molecule is CC1=C(C)C(C)([Si](c2cc(C)cc(C)c2)(c2cc(C(C)(C)C)cc(C(C)(C)C)c2)c2cc(C(C)(C)C)cc(C(C)(C)C)c2)[C]([Ti+3])=C1C.[Cl-].[Cl-].[Cl-]. The van der Waals surface area contributed by atoms with Crippen LogP contribution in [-0.4, -0.2) is 8.07 Å². The minimum absolute atomic E-state index is 0. The van der Waals surface area contributed by atoms with E-state index in [2.05, 4.69) is 200 Å². The van der Waals surface area contributed by atoms with Gasteiger partial charge in [0.05, 0.1) is 0 Å². The van der Waals surface area contributed by atoms with Crippen LogP contribution in [0.15, 0.2) is 75.2 Å². The van der Waals surface area contributed by atoms with Gasteiger partial charge >= 0.3 is 304 Å². The topological polar surface area (TPSA) is 0 Å². The van der Waals surface area contributed by atoms with E-state index in [0.29, 0.717) is 0 Å². The van der Waals surface area contributed by atoms with E-state index in [-0.39, 0.29) is 63.9 Å². The summed E-state index contributed by atoms with van der Waals surface area (Å²) in [5.41, 5.74) is 13.0. The molecule has 1 aliphatic rings. The Bertz CT molecular complexity index is 1600. The number of benzene rings is 3. The molecular weight excluding hydrogens is 723 g/mol. The molecule has 0 N–H and O–H groups in total. The van der Waals surface area contributed by atoms with Crippen molar-refractivity contribution in [1.82, 2.24) is 0 Å². The van der Waals surface area contributed by atoms with E-state index < -0.39 is 8.07 Å². The number of hydrogen-bond acceptors (Lipinski definition) is 0. The van der Waals surface area contributed by atoms with Gasteiger partial charge in [0.2, 0.25) is 0 Å². The molecule has 0 aromatic heterocycles. The van der Waals surface area contributed by atoms with Crippen molar-refractivity contribution in [2.45, 2.75) is 151 Å². The van der Waals surface area contributed by atoms with Crippen LogP contribution in [0.3, 0.4) is 0 Å². The molecule has 0 radical (unpaired) electrons. The number of aryl methyl sites for hydroxylation is 2. The maximum atomic E-state index is 2.65. The summed E-state index contributed by atoms with van der Waals surface area (Å²) >= 11 is 2.45. The maximum Gasteiger partial charge on any atom is -1.00 e. The van der Waals surface area contributed by atoms with Crippen molar-refractivity contribution in [1.29, 1.82) is 0 Å². The largest absolute Gasteiger partial charge is 1.00 e. The summed E-state index contributed by atoms with van der Waals surface area (Å²) in [6.45, 7) is 43.1. The zero-order valence-electron chi connectivity index (χ0n) is 34.3.